The number of aromatic amines is 1. The van der Waals surface area contributed by atoms with Crippen molar-refractivity contribution in [1.29, 1.82) is 0 Å². The highest BCUT2D eigenvalue weighted by Crippen LogP contribution is 2.30. The predicted molar refractivity (Wildman–Crippen MR) is 94.0 cm³/mol. The van der Waals surface area contributed by atoms with Gasteiger partial charge in [0.05, 0.1) is 6.61 Å². The molecule has 0 spiro atoms. The van der Waals surface area contributed by atoms with E-state index in [2.05, 4.69) is 4.98 Å². The minimum atomic E-state index is -3.81. The number of hydrogen-bond acceptors (Lipinski definition) is 4. The van der Waals surface area contributed by atoms with Crippen LogP contribution in [-0.4, -0.2) is 36.8 Å². The van der Waals surface area contributed by atoms with Crippen molar-refractivity contribution in [3.05, 3.63) is 52.3 Å². The average molecular weight is 362 g/mol. The summed E-state index contributed by atoms with van der Waals surface area (Å²) in [6.45, 7) is 5.95. The summed E-state index contributed by atoms with van der Waals surface area (Å²) >= 11 is 0. The Hall–Kier alpha value is -2.12. The molecule has 0 saturated heterocycles. The van der Waals surface area contributed by atoms with E-state index in [1.54, 1.807) is 20.8 Å². The summed E-state index contributed by atoms with van der Waals surface area (Å²) in [6, 6.07) is 7.83. The maximum absolute atomic E-state index is 13.3. The lowest BCUT2D eigenvalue weighted by Crippen LogP contribution is -2.36. The molecular formula is C18H22N2O4S. The van der Waals surface area contributed by atoms with E-state index in [0.29, 0.717) is 30.9 Å². The second-order valence-electron chi connectivity index (χ2n) is 6.16. The molecule has 0 aliphatic carbocycles. The van der Waals surface area contributed by atoms with Crippen LogP contribution < -0.4 is 0 Å². The summed E-state index contributed by atoms with van der Waals surface area (Å²) in [5.74, 6) is -0.611. The van der Waals surface area contributed by atoms with Gasteiger partial charge in [-0.25, -0.2) is 13.2 Å². The van der Waals surface area contributed by atoms with Gasteiger partial charge in [-0.15, -0.1) is 0 Å². The number of aromatic nitrogens is 1. The molecule has 7 heteroatoms. The molecule has 0 atom stereocenters. The van der Waals surface area contributed by atoms with E-state index in [1.165, 1.54) is 9.87 Å². The van der Waals surface area contributed by atoms with E-state index < -0.39 is 16.0 Å². The van der Waals surface area contributed by atoms with E-state index in [-0.39, 0.29) is 17.1 Å². The highest BCUT2D eigenvalue weighted by molar-refractivity contribution is 7.89. The van der Waals surface area contributed by atoms with Gasteiger partial charge in [0.15, 0.2) is 0 Å². The highest BCUT2D eigenvalue weighted by Gasteiger charge is 2.35. The van der Waals surface area contributed by atoms with Crippen molar-refractivity contribution in [2.45, 2.75) is 38.6 Å². The van der Waals surface area contributed by atoms with Gasteiger partial charge in [0.1, 0.15) is 10.5 Å². The smallest absolute Gasteiger partial charge is 0.341 e. The van der Waals surface area contributed by atoms with Crippen LogP contribution in [0.5, 0.6) is 0 Å². The first-order valence-electron chi connectivity index (χ1n) is 8.29. The zero-order valence-corrected chi connectivity index (χ0v) is 15.4. The number of esters is 1. The monoisotopic (exact) mass is 362 g/mol. The molecule has 0 amide bonds. The van der Waals surface area contributed by atoms with Gasteiger partial charge in [0, 0.05) is 24.5 Å². The molecule has 1 aromatic heterocycles. The molecule has 25 heavy (non-hydrogen) atoms. The van der Waals surface area contributed by atoms with Crippen LogP contribution in [0.4, 0.5) is 0 Å². The Kier molecular flexibility index (Phi) is 4.71. The summed E-state index contributed by atoms with van der Waals surface area (Å²) in [5, 5.41) is 0. The summed E-state index contributed by atoms with van der Waals surface area (Å²) < 4.78 is 33.0. The minimum Gasteiger partial charge on any atom is -0.462 e. The number of H-pyrrole nitrogens is 1. The predicted octanol–water partition coefficient (Wildman–Crippen LogP) is 2.56. The van der Waals surface area contributed by atoms with Crippen molar-refractivity contribution in [3.63, 3.8) is 0 Å². The number of fused-ring (bicyclic) bond motifs is 1. The van der Waals surface area contributed by atoms with E-state index in [4.69, 9.17) is 4.74 Å². The van der Waals surface area contributed by atoms with Crippen molar-refractivity contribution in [1.82, 2.24) is 9.29 Å². The van der Waals surface area contributed by atoms with Crippen LogP contribution in [0.25, 0.3) is 0 Å². The van der Waals surface area contributed by atoms with Crippen molar-refractivity contribution in [2.24, 2.45) is 0 Å². The number of aryl methyl sites for hydroxylation is 2. The van der Waals surface area contributed by atoms with Gasteiger partial charge in [-0.3, -0.25) is 0 Å². The second kappa shape index (κ2) is 6.65. The number of hydrogen-bond donors (Lipinski definition) is 1. The number of carbonyl (C=O) groups excluding carboxylic acids is 1. The number of rotatable bonds is 4. The quantitative estimate of drug-likeness (QED) is 0.848. The zero-order valence-electron chi connectivity index (χ0n) is 14.6. The van der Waals surface area contributed by atoms with Crippen LogP contribution in [-0.2, 0) is 27.7 Å². The molecule has 134 valence electrons. The first-order chi connectivity index (χ1) is 11.9. The molecule has 6 nitrogen and oxygen atoms in total. The molecule has 0 saturated carbocycles. The zero-order chi connectivity index (χ0) is 18.2. The Morgan fingerprint density at radius 3 is 2.56 bits per heavy atom. The molecule has 1 aliphatic rings. The molecule has 0 bridgehead atoms. The Balaban J connectivity index is 2.03. The van der Waals surface area contributed by atoms with Crippen molar-refractivity contribution < 1.29 is 17.9 Å². The number of nitrogens with zero attached hydrogens (tertiary/aromatic N) is 1. The third-order valence-electron chi connectivity index (χ3n) is 4.49. The van der Waals surface area contributed by atoms with Crippen molar-refractivity contribution in [3.8, 4) is 0 Å². The first-order valence-corrected chi connectivity index (χ1v) is 9.73. The summed E-state index contributed by atoms with van der Waals surface area (Å²) in [5.41, 5.74) is 3.24. The highest BCUT2D eigenvalue weighted by atomic mass is 32.2. The molecule has 2 heterocycles. The fourth-order valence-electron chi connectivity index (χ4n) is 3.33. The Labute approximate surface area is 147 Å². The number of benzene rings is 1. The van der Waals surface area contributed by atoms with Gasteiger partial charge in [-0.05, 0) is 38.3 Å². The van der Waals surface area contributed by atoms with Crippen LogP contribution in [0.1, 0.15) is 39.8 Å². The van der Waals surface area contributed by atoms with Crippen molar-refractivity contribution in [2.75, 3.05) is 13.2 Å². The molecular weight excluding hydrogens is 340 g/mol. The maximum Gasteiger partial charge on any atom is 0.341 e. The lowest BCUT2D eigenvalue weighted by Gasteiger charge is -2.28. The van der Waals surface area contributed by atoms with Crippen LogP contribution in [0.2, 0.25) is 0 Å². The van der Waals surface area contributed by atoms with E-state index in [0.717, 1.165) is 5.56 Å². The second-order valence-corrected chi connectivity index (χ2v) is 8.03. The molecule has 0 fully saturated rings. The van der Waals surface area contributed by atoms with Crippen LogP contribution in [0.3, 0.4) is 0 Å². The minimum absolute atomic E-state index is 0.0304. The molecule has 2 aromatic rings. The fraction of sp³-hybridized carbons (Fsp3) is 0.389. The molecule has 1 N–H and O–H groups in total. The third-order valence-corrected chi connectivity index (χ3v) is 6.51. The Bertz CT molecular complexity index is 915. The molecule has 0 radical (unpaired) electrons. The van der Waals surface area contributed by atoms with Gasteiger partial charge in [-0.1, -0.05) is 24.3 Å². The van der Waals surface area contributed by atoms with Gasteiger partial charge >= 0.3 is 5.97 Å². The molecule has 0 unspecified atom stereocenters. The lowest BCUT2D eigenvalue weighted by molar-refractivity contribution is 0.0521. The van der Waals surface area contributed by atoms with Crippen LogP contribution in [0.15, 0.2) is 29.2 Å². The normalized spacial score (nSPS) is 15.0. The van der Waals surface area contributed by atoms with Crippen LogP contribution >= 0.6 is 0 Å². The molecule has 1 aromatic carbocycles. The molecule has 3 rings (SSSR count). The van der Waals surface area contributed by atoms with E-state index in [1.807, 2.05) is 24.3 Å². The number of carbonyl (C=O) groups is 1. The number of nitrogens with one attached hydrogen (secondary N) is 1. The summed E-state index contributed by atoms with van der Waals surface area (Å²) in [4.78, 5) is 15.3. The maximum atomic E-state index is 13.3. The topological polar surface area (TPSA) is 79.5 Å². The Morgan fingerprint density at radius 1 is 1.20 bits per heavy atom. The van der Waals surface area contributed by atoms with Crippen molar-refractivity contribution >= 4 is 16.0 Å². The van der Waals surface area contributed by atoms with Gasteiger partial charge in [0.25, 0.3) is 0 Å². The largest absolute Gasteiger partial charge is 0.462 e. The Morgan fingerprint density at radius 2 is 1.88 bits per heavy atom. The fourth-order valence-corrected chi connectivity index (χ4v) is 5.17. The average Bonchev–Trinajstić information content (AvgIpc) is 2.89. The van der Waals surface area contributed by atoms with Gasteiger partial charge in [0.2, 0.25) is 10.0 Å². The van der Waals surface area contributed by atoms with E-state index >= 15 is 0 Å². The summed E-state index contributed by atoms with van der Waals surface area (Å²) in [7, 11) is -3.81. The third kappa shape index (κ3) is 3.09. The van der Waals surface area contributed by atoms with Crippen LogP contribution in [0, 0.1) is 13.8 Å². The van der Waals surface area contributed by atoms with Gasteiger partial charge < -0.3 is 9.72 Å². The number of sulfonamides is 1. The lowest BCUT2D eigenvalue weighted by atomic mass is 10.0. The summed E-state index contributed by atoms with van der Waals surface area (Å²) in [6.07, 6.45) is 0.659. The number of ether oxygens (including phenoxy) is 1. The SMILES string of the molecule is CCOC(=O)c1c(C)[nH]c(C)c1S(=O)(=O)N1CCc2ccccc2C1. The van der Waals surface area contributed by atoms with E-state index in [9.17, 15) is 13.2 Å². The first kappa shape index (κ1) is 17.7. The molecule has 1 aliphatic heterocycles. The standard InChI is InChI=1S/C18H22N2O4S/c1-4-24-18(21)16-12(2)19-13(3)17(16)25(22,23)20-10-9-14-7-5-6-8-15(14)11-20/h5-8,19H,4,9-11H2,1-3H3. The van der Waals surface area contributed by atoms with Gasteiger partial charge in [-0.2, -0.15) is 4.31 Å².